The third-order valence-corrected chi connectivity index (χ3v) is 6.59. The molecule has 2 aliphatic rings. The summed E-state index contributed by atoms with van der Waals surface area (Å²) in [6.45, 7) is 2.05. The van der Waals surface area contributed by atoms with E-state index in [1.54, 1.807) is 12.1 Å². The number of benzene rings is 2. The zero-order valence-corrected chi connectivity index (χ0v) is 15.0. The van der Waals surface area contributed by atoms with Crippen molar-refractivity contribution in [2.24, 2.45) is 0 Å². The summed E-state index contributed by atoms with van der Waals surface area (Å²) in [6.07, 6.45) is 2.29. The molecule has 134 valence electrons. The largest absolute Gasteiger partial charge is 0.322 e. The molecular formula is C19H18N2O4S. The van der Waals surface area contributed by atoms with E-state index >= 15 is 0 Å². The smallest absolute Gasteiger partial charge is 0.269 e. The van der Waals surface area contributed by atoms with Crippen molar-refractivity contribution in [1.82, 2.24) is 4.31 Å². The fraction of sp³-hybridized carbons (Fsp3) is 0.263. The second-order valence-electron chi connectivity index (χ2n) is 6.55. The van der Waals surface area contributed by atoms with E-state index in [9.17, 15) is 18.0 Å². The molecule has 0 aromatic heterocycles. The molecule has 6 nitrogen and oxygen atoms in total. The van der Waals surface area contributed by atoms with Gasteiger partial charge in [-0.2, -0.15) is 0 Å². The van der Waals surface area contributed by atoms with E-state index in [0.717, 1.165) is 16.3 Å². The number of aryl methyl sites for hydroxylation is 1. The number of anilines is 1. The number of hydrogen-bond acceptors (Lipinski definition) is 4. The fourth-order valence-corrected chi connectivity index (χ4v) is 4.93. The van der Waals surface area contributed by atoms with Crippen molar-refractivity contribution < 1.29 is 18.0 Å². The number of sulfonamides is 1. The van der Waals surface area contributed by atoms with Gasteiger partial charge >= 0.3 is 0 Å². The van der Waals surface area contributed by atoms with Crippen LogP contribution in [-0.4, -0.2) is 30.6 Å². The van der Waals surface area contributed by atoms with Crippen LogP contribution in [0.15, 0.2) is 47.4 Å². The summed E-state index contributed by atoms with van der Waals surface area (Å²) in [7, 11) is -3.87. The number of carbonyl (C=O) groups is 2. The maximum absolute atomic E-state index is 12.7. The molecule has 1 aliphatic heterocycles. The Balaban J connectivity index is 1.62. The predicted molar refractivity (Wildman–Crippen MR) is 96.6 cm³/mol. The average molecular weight is 370 g/mol. The highest BCUT2D eigenvalue weighted by Crippen LogP contribution is 2.39. The van der Waals surface area contributed by atoms with Crippen LogP contribution >= 0.6 is 0 Å². The van der Waals surface area contributed by atoms with Gasteiger partial charge in [-0.3, -0.25) is 9.59 Å². The number of nitrogens with zero attached hydrogens (tertiary/aromatic N) is 1. The molecule has 0 spiro atoms. The molecule has 2 amide bonds. The lowest BCUT2D eigenvalue weighted by atomic mass is 10.1. The van der Waals surface area contributed by atoms with Crippen molar-refractivity contribution in [1.29, 1.82) is 0 Å². The quantitative estimate of drug-likeness (QED) is 0.897. The van der Waals surface area contributed by atoms with Crippen LogP contribution in [0.2, 0.25) is 0 Å². The fourth-order valence-electron chi connectivity index (χ4n) is 3.09. The van der Waals surface area contributed by atoms with Crippen LogP contribution in [0.1, 0.15) is 46.0 Å². The Labute approximate surface area is 151 Å². The highest BCUT2D eigenvalue weighted by molar-refractivity contribution is 7.90. The van der Waals surface area contributed by atoms with Gasteiger partial charge in [0.25, 0.3) is 21.8 Å². The minimum Gasteiger partial charge on any atom is -0.322 e. The lowest BCUT2D eigenvalue weighted by Gasteiger charge is -2.13. The normalized spacial score (nSPS) is 17.9. The topological polar surface area (TPSA) is 83.6 Å². The minimum absolute atomic E-state index is 0.0802. The van der Waals surface area contributed by atoms with Crippen LogP contribution in [0.5, 0.6) is 0 Å². The Kier molecular flexibility index (Phi) is 3.84. The van der Waals surface area contributed by atoms with Crippen LogP contribution in [0, 0.1) is 0 Å². The zero-order chi connectivity index (χ0) is 18.5. The van der Waals surface area contributed by atoms with Gasteiger partial charge in [-0.1, -0.05) is 19.1 Å². The minimum atomic E-state index is -3.87. The van der Waals surface area contributed by atoms with Crippen molar-refractivity contribution in [2.45, 2.75) is 37.1 Å². The summed E-state index contributed by atoms with van der Waals surface area (Å²) >= 11 is 0. The first-order valence-corrected chi connectivity index (χ1v) is 9.99. The molecule has 0 bridgehead atoms. The molecular weight excluding hydrogens is 352 g/mol. The lowest BCUT2D eigenvalue weighted by Crippen LogP contribution is -2.31. The van der Waals surface area contributed by atoms with E-state index < -0.39 is 21.8 Å². The maximum Gasteiger partial charge on any atom is 0.269 e. The van der Waals surface area contributed by atoms with Gasteiger partial charge in [0.1, 0.15) is 4.90 Å². The van der Waals surface area contributed by atoms with Crippen molar-refractivity contribution in [2.75, 3.05) is 5.32 Å². The molecule has 26 heavy (non-hydrogen) atoms. The van der Waals surface area contributed by atoms with Gasteiger partial charge in [0.2, 0.25) is 0 Å². The molecule has 0 atom stereocenters. The highest BCUT2D eigenvalue weighted by atomic mass is 32.2. The van der Waals surface area contributed by atoms with E-state index in [4.69, 9.17) is 0 Å². The van der Waals surface area contributed by atoms with Crippen LogP contribution in [0.4, 0.5) is 5.69 Å². The summed E-state index contributed by atoms with van der Waals surface area (Å²) in [5, 5.41) is 2.75. The number of carbonyl (C=O) groups excluding carboxylic acids is 2. The van der Waals surface area contributed by atoms with Crippen LogP contribution in [-0.2, 0) is 16.4 Å². The van der Waals surface area contributed by atoms with Crippen molar-refractivity contribution in [3.8, 4) is 0 Å². The SMILES string of the molecule is CCc1ccc(NC(=O)c2ccc3c(c2)S(=O)(=O)N(C2CC2)C3=O)cc1. The standard InChI is InChI=1S/C19H18N2O4S/c1-2-12-3-6-14(7-4-12)20-18(22)13-5-10-16-17(11-13)26(24,25)21(19(16)23)15-8-9-15/h3-7,10-11,15H,2,8-9H2,1H3,(H,20,22). The molecule has 0 radical (unpaired) electrons. The summed E-state index contributed by atoms with van der Waals surface area (Å²) in [5.41, 5.74) is 2.13. The first-order valence-electron chi connectivity index (χ1n) is 8.55. The van der Waals surface area contributed by atoms with E-state index in [-0.39, 0.29) is 22.1 Å². The molecule has 4 rings (SSSR count). The lowest BCUT2D eigenvalue weighted by molar-refractivity contribution is 0.0864. The number of nitrogens with one attached hydrogen (secondary N) is 1. The van der Waals surface area contributed by atoms with Gasteiger partial charge in [-0.25, -0.2) is 12.7 Å². The molecule has 7 heteroatoms. The van der Waals surface area contributed by atoms with Crippen LogP contribution in [0.25, 0.3) is 0 Å². The second-order valence-corrected chi connectivity index (χ2v) is 8.34. The van der Waals surface area contributed by atoms with Crippen molar-refractivity contribution >= 4 is 27.5 Å². The molecule has 1 fully saturated rings. The van der Waals surface area contributed by atoms with Gasteiger partial charge in [0.05, 0.1) is 5.56 Å². The van der Waals surface area contributed by atoms with E-state index in [1.165, 1.54) is 18.2 Å². The van der Waals surface area contributed by atoms with E-state index in [2.05, 4.69) is 5.32 Å². The molecule has 0 saturated heterocycles. The first-order chi connectivity index (χ1) is 12.4. The van der Waals surface area contributed by atoms with E-state index in [1.807, 2.05) is 19.1 Å². The first kappa shape index (κ1) is 16.8. The molecule has 0 unspecified atom stereocenters. The summed E-state index contributed by atoms with van der Waals surface area (Å²) in [4.78, 5) is 24.8. The molecule has 1 saturated carbocycles. The maximum atomic E-state index is 12.7. The van der Waals surface area contributed by atoms with Gasteiger partial charge in [0, 0.05) is 17.3 Å². The number of hydrogen-bond donors (Lipinski definition) is 1. The molecule has 1 heterocycles. The van der Waals surface area contributed by atoms with Crippen LogP contribution < -0.4 is 5.32 Å². The summed E-state index contributed by atoms with van der Waals surface area (Å²) < 4.78 is 26.3. The highest BCUT2D eigenvalue weighted by Gasteiger charge is 2.48. The zero-order valence-electron chi connectivity index (χ0n) is 14.2. The van der Waals surface area contributed by atoms with Crippen LogP contribution in [0.3, 0.4) is 0 Å². The molecule has 2 aromatic rings. The van der Waals surface area contributed by atoms with Crippen molar-refractivity contribution in [3.05, 3.63) is 59.2 Å². The summed E-state index contributed by atoms with van der Waals surface area (Å²) in [6, 6.07) is 11.4. The number of rotatable bonds is 4. The molecule has 1 aliphatic carbocycles. The number of amides is 2. The third-order valence-electron chi connectivity index (χ3n) is 4.71. The van der Waals surface area contributed by atoms with Gasteiger partial charge in [0.15, 0.2) is 0 Å². The Morgan fingerprint density at radius 1 is 1.15 bits per heavy atom. The Bertz CT molecular complexity index is 1010. The van der Waals surface area contributed by atoms with E-state index in [0.29, 0.717) is 18.5 Å². The Morgan fingerprint density at radius 2 is 1.85 bits per heavy atom. The predicted octanol–water partition coefficient (Wildman–Crippen LogP) is 2.81. The van der Waals surface area contributed by atoms with Gasteiger partial charge in [-0.05, 0) is 55.2 Å². The second kappa shape index (κ2) is 5.95. The summed E-state index contributed by atoms with van der Waals surface area (Å²) in [5.74, 6) is -0.908. The third kappa shape index (κ3) is 2.68. The number of fused-ring (bicyclic) bond motifs is 1. The van der Waals surface area contributed by atoms with Crippen molar-refractivity contribution in [3.63, 3.8) is 0 Å². The Hall–Kier alpha value is -2.67. The Morgan fingerprint density at radius 3 is 2.46 bits per heavy atom. The van der Waals surface area contributed by atoms with Gasteiger partial charge in [-0.15, -0.1) is 0 Å². The monoisotopic (exact) mass is 370 g/mol. The average Bonchev–Trinajstić information content (AvgIpc) is 3.43. The molecule has 1 N–H and O–H groups in total. The molecule has 2 aromatic carbocycles. The van der Waals surface area contributed by atoms with Gasteiger partial charge < -0.3 is 5.32 Å².